The lowest BCUT2D eigenvalue weighted by molar-refractivity contribution is -0.00501. The first-order valence-electron chi connectivity index (χ1n) is 8.61. The van der Waals surface area contributed by atoms with Gasteiger partial charge in [0.05, 0.1) is 12.2 Å². The van der Waals surface area contributed by atoms with Gasteiger partial charge in [-0.3, -0.25) is 4.99 Å². The fourth-order valence-corrected chi connectivity index (χ4v) is 3.73. The molecule has 0 aromatic carbocycles. The topological polar surface area (TPSA) is 61.8 Å². The molecule has 6 nitrogen and oxygen atoms in total. The molecule has 0 radical (unpaired) electrons. The second kappa shape index (κ2) is 8.78. The Kier molecular flexibility index (Phi) is 7.01. The number of thiazole rings is 1. The van der Waals surface area contributed by atoms with E-state index < -0.39 is 0 Å². The minimum atomic E-state index is 0.127. The summed E-state index contributed by atoms with van der Waals surface area (Å²) in [6.45, 7) is 7.54. The molecule has 0 unspecified atom stereocenters. The van der Waals surface area contributed by atoms with Crippen molar-refractivity contribution in [2.45, 2.75) is 44.7 Å². The molecular formula is C17H31N5OS. The quantitative estimate of drug-likeness (QED) is 0.605. The van der Waals surface area contributed by atoms with Crippen molar-refractivity contribution in [1.29, 1.82) is 0 Å². The molecule has 24 heavy (non-hydrogen) atoms. The highest BCUT2D eigenvalue weighted by molar-refractivity contribution is 7.09. The normalized spacial score (nSPS) is 18.2. The van der Waals surface area contributed by atoms with Gasteiger partial charge in [0.25, 0.3) is 0 Å². The maximum atomic E-state index is 5.53. The molecule has 1 aromatic rings. The van der Waals surface area contributed by atoms with E-state index >= 15 is 0 Å². The molecule has 0 saturated carbocycles. The number of nitrogens with zero attached hydrogens (tertiary/aromatic N) is 3. The van der Waals surface area contributed by atoms with E-state index in [1.165, 1.54) is 0 Å². The number of nitrogens with one attached hydrogen (secondary N) is 2. The van der Waals surface area contributed by atoms with Crippen molar-refractivity contribution in [2.24, 2.45) is 4.99 Å². The minimum absolute atomic E-state index is 0.127. The third-order valence-electron chi connectivity index (χ3n) is 4.75. The lowest BCUT2D eigenvalue weighted by Gasteiger charge is -2.43. The Balaban J connectivity index is 1.87. The van der Waals surface area contributed by atoms with E-state index in [-0.39, 0.29) is 5.54 Å². The third-order valence-corrected chi connectivity index (χ3v) is 5.62. The first-order chi connectivity index (χ1) is 11.5. The molecule has 0 amide bonds. The molecule has 2 N–H and O–H groups in total. The predicted molar refractivity (Wildman–Crippen MR) is 101 cm³/mol. The zero-order valence-electron chi connectivity index (χ0n) is 15.6. The molecule has 0 aliphatic carbocycles. The van der Waals surface area contributed by atoms with Gasteiger partial charge >= 0.3 is 0 Å². The Hall–Kier alpha value is -1.18. The lowest BCUT2D eigenvalue weighted by Crippen LogP contribution is -2.57. The van der Waals surface area contributed by atoms with Crippen molar-refractivity contribution in [3.8, 4) is 0 Å². The largest absolute Gasteiger partial charge is 0.381 e. The van der Waals surface area contributed by atoms with Crippen LogP contribution in [-0.4, -0.2) is 62.3 Å². The number of hydrogen-bond acceptors (Lipinski definition) is 5. The monoisotopic (exact) mass is 353 g/mol. The highest BCUT2D eigenvalue weighted by Crippen LogP contribution is 2.25. The Morgan fingerprint density at radius 1 is 1.38 bits per heavy atom. The molecule has 1 aliphatic heterocycles. The first-order valence-corrected chi connectivity index (χ1v) is 9.49. The van der Waals surface area contributed by atoms with Gasteiger partial charge in [0.1, 0.15) is 5.01 Å². The SMILES string of the molecule is CN=C(NCc1nc(C(C)C)cs1)NCC1(N(C)C)CCOCC1. The summed E-state index contributed by atoms with van der Waals surface area (Å²) in [5.74, 6) is 1.30. The minimum Gasteiger partial charge on any atom is -0.381 e. The molecule has 0 spiro atoms. The molecule has 0 atom stereocenters. The second-order valence-corrected chi connectivity index (χ2v) is 7.77. The van der Waals surface area contributed by atoms with Crippen LogP contribution >= 0.6 is 11.3 Å². The lowest BCUT2D eigenvalue weighted by atomic mass is 9.88. The average Bonchev–Trinajstić information content (AvgIpc) is 3.05. The number of hydrogen-bond donors (Lipinski definition) is 2. The van der Waals surface area contributed by atoms with Crippen LogP contribution in [0.25, 0.3) is 0 Å². The van der Waals surface area contributed by atoms with Crippen LogP contribution < -0.4 is 10.6 Å². The van der Waals surface area contributed by atoms with Crippen molar-refractivity contribution in [2.75, 3.05) is 40.9 Å². The fraction of sp³-hybridized carbons (Fsp3) is 0.765. The van der Waals surface area contributed by atoms with E-state index in [1.807, 2.05) is 7.05 Å². The highest BCUT2D eigenvalue weighted by atomic mass is 32.1. The zero-order valence-corrected chi connectivity index (χ0v) is 16.4. The standard InChI is InChI=1S/C17H31N5OS/c1-13(2)14-11-24-15(21-14)10-19-16(18-3)20-12-17(22(4)5)6-8-23-9-7-17/h11,13H,6-10,12H2,1-5H3,(H2,18,19,20). The molecule has 7 heteroatoms. The van der Waals surface area contributed by atoms with E-state index in [1.54, 1.807) is 11.3 Å². The first kappa shape index (κ1) is 19.1. The smallest absolute Gasteiger partial charge is 0.191 e. The number of ether oxygens (including phenoxy) is 1. The fourth-order valence-electron chi connectivity index (χ4n) is 2.83. The van der Waals surface area contributed by atoms with Crippen molar-refractivity contribution in [3.63, 3.8) is 0 Å². The van der Waals surface area contributed by atoms with E-state index in [2.05, 4.69) is 58.8 Å². The summed E-state index contributed by atoms with van der Waals surface area (Å²) in [5, 5.41) is 10.1. The van der Waals surface area contributed by atoms with Gasteiger partial charge in [-0.15, -0.1) is 11.3 Å². The Bertz CT molecular complexity index is 535. The van der Waals surface area contributed by atoms with Gasteiger partial charge in [0.2, 0.25) is 0 Å². The average molecular weight is 354 g/mol. The van der Waals surface area contributed by atoms with Gasteiger partial charge in [-0.05, 0) is 32.9 Å². The summed E-state index contributed by atoms with van der Waals surface area (Å²) >= 11 is 1.70. The van der Waals surface area contributed by atoms with Crippen molar-refractivity contribution in [3.05, 3.63) is 16.1 Å². The van der Waals surface area contributed by atoms with Crippen LogP contribution in [0.5, 0.6) is 0 Å². The molecule has 1 aliphatic rings. The summed E-state index contributed by atoms with van der Waals surface area (Å²) in [7, 11) is 6.10. The summed E-state index contributed by atoms with van der Waals surface area (Å²) in [6, 6.07) is 0. The predicted octanol–water partition coefficient (Wildman–Crippen LogP) is 2.04. The van der Waals surface area contributed by atoms with E-state index in [0.717, 1.165) is 49.3 Å². The summed E-state index contributed by atoms with van der Waals surface area (Å²) in [6.07, 6.45) is 2.07. The van der Waals surface area contributed by atoms with Gasteiger partial charge in [-0.2, -0.15) is 0 Å². The molecule has 1 saturated heterocycles. The highest BCUT2D eigenvalue weighted by Gasteiger charge is 2.34. The van der Waals surface area contributed by atoms with Crippen LogP contribution in [0.2, 0.25) is 0 Å². The number of guanidine groups is 1. The molecular weight excluding hydrogens is 322 g/mol. The maximum Gasteiger partial charge on any atom is 0.191 e. The molecule has 0 bridgehead atoms. The van der Waals surface area contributed by atoms with Crippen molar-refractivity contribution in [1.82, 2.24) is 20.5 Å². The summed E-state index contributed by atoms with van der Waals surface area (Å²) < 4.78 is 5.53. The molecule has 2 heterocycles. The zero-order chi connectivity index (χ0) is 17.6. The molecule has 1 aromatic heterocycles. The van der Waals surface area contributed by atoms with Gasteiger partial charge in [-0.25, -0.2) is 4.98 Å². The molecule has 2 rings (SSSR count). The Labute approximate surface area is 149 Å². The molecule has 1 fully saturated rings. The van der Waals surface area contributed by atoms with Crippen molar-refractivity contribution < 1.29 is 4.74 Å². The van der Waals surface area contributed by atoms with E-state index in [9.17, 15) is 0 Å². The van der Waals surface area contributed by atoms with Crippen LogP contribution in [0.15, 0.2) is 10.4 Å². The van der Waals surface area contributed by atoms with E-state index in [4.69, 9.17) is 4.74 Å². The van der Waals surface area contributed by atoms with Gasteiger partial charge in [-0.1, -0.05) is 13.8 Å². The van der Waals surface area contributed by atoms with Crippen LogP contribution in [0.4, 0.5) is 0 Å². The van der Waals surface area contributed by atoms with Crippen LogP contribution in [0, 0.1) is 0 Å². The summed E-state index contributed by atoms with van der Waals surface area (Å²) in [5.41, 5.74) is 1.29. The van der Waals surface area contributed by atoms with Crippen LogP contribution in [-0.2, 0) is 11.3 Å². The molecule has 136 valence electrons. The Morgan fingerprint density at radius 2 is 2.08 bits per heavy atom. The van der Waals surface area contributed by atoms with Crippen LogP contribution in [0.3, 0.4) is 0 Å². The Morgan fingerprint density at radius 3 is 2.62 bits per heavy atom. The van der Waals surface area contributed by atoms with Gasteiger partial charge < -0.3 is 20.3 Å². The third kappa shape index (κ3) is 4.91. The number of rotatable bonds is 6. The maximum absolute atomic E-state index is 5.53. The number of aromatic nitrogens is 1. The van der Waals surface area contributed by atoms with Gasteiger partial charge in [0, 0.05) is 37.7 Å². The number of aliphatic imine (C=N–C) groups is 1. The second-order valence-electron chi connectivity index (χ2n) is 6.83. The van der Waals surface area contributed by atoms with Crippen molar-refractivity contribution >= 4 is 17.3 Å². The van der Waals surface area contributed by atoms with Gasteiger partial charge in [0.15, 0.2) is 5.96 Å². The summed E-state index contributed by atoms with van der Waals surface area (Å²) in [4.78, 5) is 11.3. The van der Waals surface area contributed by atoms with Crippen LogP contribution in [0.1, 0.15) is 43.3 Å². The van der Waals surface area contributed by atoms with E-state index in [0.29, 0.717) is 12.5 Å². The number of likely N-dealkylation sites (N-methyl/N-ethyl adjacent to an activating group) is 1.